The van der Waals surface area contributed by atoms with Crippen LogP contribution in [0.15, 0.2) is 72.8 Å². The summed E-state index contributed by atoms with van der Waals surface area (Å²) in [6.45, 7) is 0. The van der Waals surface area contributed by atoms with Crippen molar-refractivity contribution in [3.63, 3.8) is 0 Å². The number of phenols is 1. The number of nitrogens with zero attached hydrogens (tertiary/aromatic N) is 1. The normalized spacial score (nSPS) is 19.7. The Morgan fingerprint density at radius 2 is 1.41 bits per heavy atom. The minimum atomic E-state index is -0.931. The molecule has 29 heavy (non-hydrogen) atoms. The topological polar surface area (TPSA) is 60.8 Å². The quantitative estimate of drug-likeness (QED) is 0.626. The Kier molecular flexibility index (Phi) is 5.03. The Morgan fingerprint density at radius 3 is 2.00 bits per heavy atom. The molecule has 0 saturated carbocycles. The van der Waals surface area contributed by atoms with Crippen LogP contribution in [0.2, 0.25) is 0 Å². The van der Waals surface area contributed by atoms with Crippen molar-refractivity contribution in [3.05, 3.63) is 95.6 Å². The third-order valence-corrected chi connectivity index (χ3v) is 5.29. The van der Waals surface area contributed by atoms with Gasteiger partial charge in [0, 0.05) is 5.69 Å². The number of aliphatic hydroxyl groups is 1. The van der Waals surface area contributed by atoms with Crippen LogP contribution >= 0.6 is 0 Å². The number of aliphatic hydroxyl groups excluding tert-OH is 1. The van der Waals surface area contributed by atoms with Crippen molar-refractivity contribution in [3.8, 4) is 5.75 Å². The van der Waals surface area contributed by atoms with Crippen LogP contribution in [0.5, 0.6) is 5.75 Å². The van der Waals surface area contributed by atoms with Gasteiger partial charge in [-0.3, -0.25) is 4.79 Å². The zero-order valence-corrected chi connectivity index (χ0v) is 15.4. The first-order chi connectivity index (χ1) is 13.9. The Morgan fingerprint density at radius 1 is 0.862 bits per heavy atom. The maximum atomic E-state index is 13.3. The van der Waals surface area contributed by atoms with Crippen molar-refractivity contribution < 1.29 is 23.8 Å². The molecule has 1 aliphatic rings. The molecule has 0 bridgehead atoms. The van der Waals surface area contributed by atoms with Gasteiger partial charge in [0.15, 0.2) is 0 Å². The molecule has 148 valence electrons. The molecule has 4 nitrogen and oxygen atoms in total. The number of β-lactam (4-membered cyclic amide) rings is 1. The van der Waals surface area contributed by atoms with E-state index in [2.05, 4.69) is 0 Å². The molecule has 0 aliphatic carbocycles. The second-order valence-corrected chi connectivity index (χ2v) is 7.13. The van der Waals surface area contributed by atoms with Gasteiger partial charge in [-0.1, -0.05) is 24.3 Å². The predicted octanol–water partition coefficient (Wildman–Crippen LogP) is 4.50. The van der Waals surface area contributed by atoms with Crippen LogP contribution in [0.3, 0.4) is 0 Å². The van der Waals surface area contributed by atoms with E-state index in [0.29, 0.717) is 11.3 Å². The van der Waals surface area contributed by atoms with Gasteiger partial charge in [-0.25, -0.2) is 8.78 Å². The molecule has 6 heteroatoms. The first-order valence-electron chi connectivity index (χ1n) is 9.25. The molecule has 0 spiro atoms. The average molecular weight is 395 g/mol. The molecule has 1 aliphatic heterocycles. The summed E-state index contributed by atoms with van der Waals surface area (Å²) in [5.41, 5.74) is 1.88. The first-order valence-corrected chi connectivity index (χ1v) is 9.25. The molecule has 1 heterocycles. The fraction of sp³-hybridized carbons (Fsp3) is 0.174. The SMILES string of the molecule is O=C1[C@H](C[C@H](O)c2ccc(F)cc2)[C@@H](c2ccc(O)cc2)N1c1ccc(F)cc1. The summed E-state index contributed by atoms with van der Waals surface area (Å²) in [7, 11) is 0. The van der Waals surface area contributed by atoms with E-state index < -0.39 is 23.7 Å². The highest BCUT2D eigenvalue weighted by molar-refractivity contribution is 6.03. The van der Waals surface area contributed by atoms with E-state index in [1.807, 2.05) is 0 Å². The third-order valence-electron chi connectivity index (χ3n) is 5.29. The van der Waals surface area contributed by atoms with E-state index in [0.717, 1.165) is 5.56 Å². The number of benzene rings is 3. The average Bonchev–Trinajstić information content (AvgIpc) is 2.72. The molecule has 0 radical (unpaired) electrons. The minimum Gasteiger partial charge on any atom is -0.508 e. The number of halogens is 2. The van der Waals surface area contributed by atoms with E-state index in [4.69, 9.17) is 0 Å². The third kappa shape index (κ3) is 3.71. The van der Waals surface area contributed by atoms with Gasteiger partial charge in [-0.2, -0.15) is 0 Å². The minimum absolute atomic E-state index is 0.107. The Bertz CT molecular complexity index is 1000. The largest absolute Gasteiger partial charge is 0.508 e. The van der Waals surface area contributed by atoms with Gasteiger partial charge >= 0.3 is 0 Å². The number of amides is 1. The molecule has 0 aromatic heterocycles. The van der Waals surface area contributed by atoms with Crippen LogP contribution in [0.25, 0.3) is 0 Å². The Labute approximate surface area is 166 Å². The number of aromatic hydroxyl groups is 1. The molecule has 4 rings (SSSR count). The molecule has 3 aromatic rings. The van der Waals surface area contributed by atoms with Crippen LogP contribution < -0.4 is 4.90 Å². The summed E-state index contributed by atoms with van der Waals surface area (Å²) in [6.07, 6.45) is -0.771. The number of hydrogen-bond donors (Lipinski definition) is 2. The highest BCUT2D eigenvalue weighted by Gasteiger charge is 2.49. The lowest BCUT2D eigenvalue weighted by Gasteiger charge is -2.48. The zero-order chi connectivity index (χ0) is 20.5. The molecule has 2 N–H and O–H groups in total. The highest BCUT2D eigenvalue weighted by Crippen LogP contribution is 2.47. The van der Waals surface area contributed by atoms with E-state index in [1.165, 1.54) is 60.7 Å². The number of carbonyl (C=O) groups is 1. The smallest absolute Gasteiger partial charge is 0.233 e. The molecule has 1 fully saturated rings. The van der Waals surface area contributed by atoms with Crippen LogP contribution in [-0.4, -0.2) is 16.1 Å². The van der Waals surface area contributed by atoms with Gasteiger partial charge in [0.25, 0.3) is 0 Å². The zero-order valence-electron chi connectivity index (χ0n) is 15.4. The van der Waals surface area contributed by atoms with Crippen molar-refractivity contribution in [1.82, 2.24) is 0 Å². The van der Waals surface area contributed by atoms with Crippen LogP contribution in [0, 0.1) is 17.6 Å². The molecule has 0 unspecified atom stereocenters. The molecule has 1 saturated heterocycles. The van der Waals surface area contributed by atoms with Crippen molar-refractivity contribution in [2.75, 3.05) is 4.90 Å². The Balaban J connectivity index is 1.63. The van der Waals surface area contributed by atoms with Crippen LogP contribution in [-0.2, 0) is 4.79 Å². The van der Waals surface area contributed by atoms with Crippen molar-refractivity contribution >= 4 is 11.6 Å². The molecule has 1 amide bonds. The standard InChI is InChI=1S/C23H19F2NO3/c24-16-5-1-14(2-6-16)21(28)13-20-22(15-3-11-19(27)12-4-15)26(23(20)29)18-9-7-17(25)8-10-18/h1-12,20-22,27-28H,13H2/t20-,21+,22-/m1/s1. The fourth-order valence-corrected chi connectivity index (χ4v) is 3.78. The van der Waals surface area contributed by atoms with Gasteiger partial charge in [0.05, 0.1) is 18.1 Å². The monoisotopic (exact) mass is 395 g/mol. The van der Waals surface area contributed by atoms with Crippen molar-refractivity contribution in [1.29, 1.82) is 0 Å². The summed E-state index contributed by atoms with van der Waals surface area (Å²) < 4.78 is 26.5. The lowest BCUT2D eigenvalue weighted by atomic mass is 9.77. The number of carbonyl (C=O) groups excluding carboxylic acids is 1. The maximum Gasteiger partial charge on any atom is 0.233 e. The summed E-state index contributed by atoms with van der Waals surface area (Å²) >= 11 is 0. The second-order valence-electron chi connectivity index (χ2n) is 7.13. The summed E-state index contributed by atoms with van der Waals surface area (Å²) in [5.74, 6) is -1.38. The molecule has 3 atom stereocenters. The highest BCUT2D eigenvalue weighted by atomic mass is 19.1. The fourth-order valence-electron chi connectivity index (χ4n) is 3.78. The number of phenolic OH excluding ortho intramolecular Hbond substituents is 1. The maximum absolute atomic E-state index is 13.3. The number of rotatable bonds is 5. The predicted molar refractivity (Wildman–Crippen MR) is 104 cm³/mol. The lowest BCUT2D eigenvalue weighted by Crippen LogP contribution is -2.55. The van der Waals surface area contributed by atoms with E-state index in [1.54, 1.807) is 17.0 Å². The van der Waals surface area contributed by atoms with E-state index in [-0.39, 0.29) is 24.1 Å². The van der Waals surface area contributed by atoms with Gasteiger partial charge in [-0.15, -0.1) is 0 Å². The first kappa shape index (κ1) is 19.1. The summed E-state index contributed by atoms with van der Waals surface area (Å²) in [4.78, 5) is 14.5. The van der Waals surface area contributed by atoms with Gasteiger partial charge in [0.1, 0.15) is 17.4 Å². The van der Waals surface area contributed by atoms with Gasteiger partial charge in [0.2, 0.25) is 5.91 Å². The van der Waals surface area contributed by atoms with E-state index >= 15 is 0 Å². The van der Waals surface area contributed by atoms with Crippen molar-refractivity contribution in [2.24, 2.45) is 5.92 Å². The van der Waals surface area contributed by atoms with Crippen molar-refractivity contribution in [2.45, 2.75) is 18.6 Å². The van der Waals surface area contributed by atoms with E-state index in [9.17, 15) is 23.8 Å². The Hall–Kier alpha value is -3.25. The van der Waals surface area contributed by atoms with Gasteiger partial charge < -0.3 is 15.1 Å². The molecular weight excluding hydrogens is 376 g/mol. The van der Waals surface area contributed by atoms with Gasteiger partial charge in [-0.05, 0) is 66.1 Å². The molecule has 3 aromatic carbocycles. The summed E-state index contributed by atoms with van der Waals surface area (Å²) in [6, 6.07) is 17.3. The number of hydrogen-bond acceptors (Lipinski definition) is 3. The van der Waals surface area contributed by atoms with Crippen LogP contribution in [0.1, 0.15) is 29.7 Å². The van der Waals surface area contributed by atoms with Crippen LogP contribution in [0.4, 0.5) is 14.5 Å². The number of anilines is 1. The summed E-state index contributed by atoms with van der Waals surface area (Å²) in [5, 5.41) is 20.2. The second kappa shape index (κ2) is 7.64. The molecular formula is C23H19F2NO3. The lowest BCUT2D eigenvalue weighted by molar-refractivity contribution is -0.132.